The first kappa shape index (κ1) is 21.8. The summed E-state index contributed by atoms with van der Waals surface area (Å²) in [6, 6.07) is 17.6. The van der Waals surface area contributed by atoms with Crippen molar-refractivity contribution >= 4 is 5.91 Å². The van der Waals surface area contributed by atoms with Gasteiger partial charge in [0.1, 0.15) is 24.4 Å². The summed E-state index contributed by atoms with van der Waals surface area (Å²) < 4.78 is 6.42. The maximum Gasteiger partial charge on any atom is 0.336 e. The Morgan fingerprint density at radius 1 is 1.19 bits per heavy atom. The average Bonchev–Trinajstić information content (AvgIpc) is 2.92. The Hall–Kier alpha value is -3.45. The minimum atomic E-state index is -0.704. The highest BCUT2D eigenvalue weighted by atomic mass is 16.5. The molecule has 1 aliphatic rings. The van der Waals surface area contributed by atoms with E-state index in [1.165, 1.54) is 6.20 Å². The number of rotatable bonds is 4. The third-order valence-corrected chi connectivity index (χ3v) is 5.30. The van der Waals surface area contributed by atoms with E-state index in [0.717, 1.165) is 23.0 Å². The van der Waals surface area contributed by atoms with Crippen LogP contribution in [0.5, 0.6) is 5.88 Å². The molecule has 0 radical (unpaired) electrons. The summed E-state index contributed by atoms with van der Waals surface area (Å²) in [4.78, 5) is 19.6. The van der Waals surface area contributed by atoms with Crippen molar-refractivity contribution in [3.8, 4) is 17.0 Å². The highest BCUT2D eigenvalue weighted by Gasteiger charge is 2.37. The van der Waals surface area contributed by atoms with Gasteiger partial charge in [-0.3, -0.25) is 9.69 Å². The molecule has 0 fully saturated rings. The highest BCUT2D eigenvalue weighted by molar-refractivity contribution is 5.84. The summed E-state index contributed by atoms with van der Waals surface area (Å²) in [6.45, 7) is 7.21. The van der Waals surface area contributed by atoms with Crippen molar-refractivity contribution in [2.75, 3.05) is 13.2 Å². The van der Waals surface area contributed by atoms with Crippen molar-refractivity contribution in [3.05, 3.63) is 83.5 Å². The van der Waals surface area contributed by atoms with Crippen LogP contribution in [-0.2, 0) is 11.3 Å². The smallest absolute Gasteiger partial charge is 0.336 e. The topological polar surface area (TPSA) is 81.4 Å². The Bertz CT molecular complexity index is 1100. The van der Waals surface area contributed by atoms with Crippen molar-refractivity contribution in [3.63, 3.8) is 0 Å². The van der Waals surface area contributed by atoms with Crippen LogP contribution in [0.1, 0.15) is 37.9 Å². The lowest BCUT2D eigenvalue weighted by atomic mass is 9.98. The SMILES string of the molecule is CC(C)(C)NC(=O)C1c2c[n+]([O-])cnc2OCCN1Cc1ccccc1-c1ccccc1. The monoisotopic (exact) mass is 432 g/mol. The predicted octanol–water partition coefficient (Wildman–Crippen LogP) is 3.23. The number of hydrogen-bond acceptors (Lipinski definition) is 5. The number of nitrogens with one attached hydrogen (secondary N) is 1. The molecule has 1 unspecified atom stereocenters. The zero-order valence-electron chi connectivity index (χ0n) is 18.6. The first-order chi connectivity index (χ1) is 15.3. The third kappa shape index (κ3) is 4.89. The quantitative estimate of drug-likeness (QED) is 0.506. The van der Waals surface area contributed by atoms with Crippen molar-refractivity contribution in [2.24, 2.45) is 0 Å². The van der Waals surface area contributed by atoms with Gasteiger partial charge in [-0.05, 0) is 42.4 Å². The minimum Gasteiger partial charge on any atom is -0.711 e. The van der Waals surface area contributed by atoms with Gasteiger partial charge in [-0.2, -0.15) is 0 Å². The van der Waals surface area contributed by atoms with E-state index in [-0.39, 0.29) is 5.91 Å². The molecule has 166 valence electrons. The molecule has 7 nitrogen and oxygen atoms in total. The molecule has 0 spiro atoms. The van der Waals surface area contributed by atoms with Crippen LogP contribution >= 0.6 is 0 Å². The van der Waals surface area contributed by atoms with Gasteiger partial charge in [0.05, 0.1) is 0 Å². The molecular weight excluding hydrogens is 404 g/mol. The van der Waals surface area contributed by atoms with Crippen LogP contribution in [0.4, 0.5) is 0 Å². The molecule has 0 saturated heterocycles. The van der Waals surface area contributed by atoms with Crippen LogP contribution in [0.15, 0.2) is 67.1 Å². The predicted molar refractivity (Wildman–Crippen MR) is 122 cm³/mol. The number of aromatic nitrogens is 2. The molecule has 2 aromatic carbocycles. The molecule has 3 aromatic rings. The van der Waals surface area contributed by atoms with Crippen LogP contribution in [0.2, 0.25) is 0 Å². The highest BCUT2D eigenvalue weighted by Crippen LogP contribution is 2.33. The fourth-order valence-electron chi connectivity index (χ4n) is 3.99. The van der Waals surface area contributed by atoms with E-state index >= 15 is 0 Å². The summed E-state index contributed by atoms with van der Waals surface area (Å²) in [6.07, 6.45) is 2.54. The van der Waals surface area contributed by atoms with E-state index in [1.807, 2.05) is 51.1 Å². The zero-order chi connectivity index (χ0) is 22.7. The fraction of sp³-hybridized carbons (Fsp3) is 0.320. The van der Waals surface area contributed by atoms with Crippen LogP contribution < -0.4 is 14.8 Å². The summed E-state index contributed by atoms with van der Waals surface area (Å²) in [7, 11) is 0. The Morgan fingerprint density at radius 3 is 2.66 bits per heavy atom. The number of amides is 1. The number of ether oxygens (including phenoxy) is 1. The van der Waals surface area contributed by atoms with E-state index in [1.54, 1.807) is 0 Å². The van der Waals surface area contributed by atoms with Gasteiger partial charge < -0.3 is 15.3 Å². The van der Waals surface area contributed by atoms with Gasteiger partial charge in [-0.15, -0.1) is 0 Å². The van der Waals surface area contributed by atoms with E-state index < -0.39 is 11.6 Å². The van der Waals surface area contributed by atoms with Gasteiger partial charge >= 0.3 is 5.88 Å². The van der Waals surface area contributed by atoms with Gasteiger partial charge in [-0.1, -0.05) is 54.6 Å². The molecule has 0 saturated carbocycles. The maximum atomic E-state index is 13.4. The number of benzene rings is 2. The Morgan fingerprint density at radius 2 is 1.91 bits per heavy atom. The molecule has 2 heterocycles. The first-order valence-corrected chi connectivity index (χ1v) is 10.7. The van der Waals surface area contributed by atoms with Crippen LogP contribution in [0.25, 0.3) is 11.1 Å². The second-order valence-electron chi connectivity index (χ2n) is 8.98. The number of nitrogens with zero attached hydrogens (tertiary/aromatic N) is 3. The Labute approximate surface area is 188 Å². The van der Waals surface area contributed by atoms with Crippen LogP contribution in [0.3, 0.4) is 0 Å². The number of carbonyl (C=O) groups is 1. The van der Waals surface area contributed by atoms with E-state index in [0.29, 0.717) is 35.9 Å². The molecular formula is C25H28N4O3. The Kier molecular flexibility index (Phi) is 6.10. The van der Waals surface area contributed by atoms with Gasteiger partial charge in [0.15, 0.2) is 0 Å². The van der Waals surface area contributed by atoms with Gasteiger partial charge in [0, 0.05) is 18.6 Å². The minimum absolute atomic E-state index is 0.186. The molecule has 7 heteroatoms. The molecule has 1 aliphatic heterocycles. The Balaban J connectivity index is 1.75. The van der Waals surface area contributed by atoms with Gasteiger partial charge in [0.2, 0.25) is 5.91 Å². The third-order valence-electron chi connectivity index (χ3n) is 5.30. The lowest BCUT2D eigenvalue weighted by molar-refractivity contribution is -0.609. The lowest BCUT2D eigenvalue weighted by Crippen LogP contribution is -2.48. The normalized spacial score (nSPS) is 16.5. The second kappa shape index (κ2) is 8.96. The average molecular weight is 433 g/mol. The van der Waals surface area contributed by atoms with Gasteiger partial charge in [-0.25, -0.2) is 4.73 Å². The van der Waals surface area contributed by atoms with Crippen LogP contribution in [-0.4, -0.2) is 34.5 Å². The molecule has 0 aliphatic carbocycles. The molecule has 1 N–H and O–H groups in total. The largest absolute Gasteiger partial charge is 0.711 e. The standard InChI is InChI=1S/C25H28N4O3/c1-25(2,3)27-23(30)22-21-16-29(31)17-26-24(21)32-14-13-28(22)15-19-11-7-8-12-20(19)18-9-5-4-6-10-18/h4-12,16-17,22H,13-15H2,1-3H3,(H,27,30). The second-order valence-corrected chi connectivity index (χ2v) is 8.98. The molecule has 32 heavy (non-hydrogen) atoms. The first-order valence-electron chi connectivity index (χ1n) is 10.7. The summed E-state index contributed by atoms with van der Waals surface area (Å²) in [5, 5.41) is 15.1. The zero-order valence-corrected chi connectivity index (χ0v) is 18.6. The van der Waals surface area contributed by atoms with Gasteiger partial charge in [0.25, 0.3) is 6.33 Å². The summed E-state index contributed by atoms with van der Waals surface area (Å²) in [5.74, 6) is 0.138. The van der Waals surface area contributed by atoms with Crippen molar-refractivity contribution in [1.29, 1.82) is 0 Å². The van der Waals surface area contributed by atoms with E-state index in [9.17, 15) is 10.0 Å². The van der Waals surface area contributed by atoms with Crippen molar-refractivity contribution < 1.29 is 14.3 Å². The lowest BCUT2D eigenvalue weighted by Gasteiger charge is -2.31. The van der Waals surface area contributed by atoms with E-state index in [2.05, 4.69) is 39.5 Å². The number of carbonyl (C=O) groups excluding carboxylic acids is 1. The van der Waals surface area contributed by atoms with Crippen LogP contribution in [0, 0.1) is 5.21 Å². The number of fused-ring (bicyclic) bond motifs is 1. The molecule has 1 atom stereocenters. The number of hydrogen-bond donors (Lipinski definition) is 1. The molecule has 1 amide bonds. The summed E-state index contributed by atoms with van der Waals surface area (Å²) in [5.41, 5.74) is 3.37. The molecule has 0 bridgehead atoms. The maximum absolute atomic E-state index is 13.4. The van der Waals surface area contributed by atoms with Crippen molar-refractivity contribution in [1.82, 2.24) is 15.2 Å². The fourth-order valence-corrected chi connectivity index (χ4v) is 3.99. The molecule has 4 rings (SSSR count). The van der Waals surface area contributed by atoms with E-state index in [4.69, 9.17) is 4.74 Å². The summed E-state index contributed by atoms with van der Waals surface area (Å²) >= 11 is 0. The van der Waals surface area contributed by atoms with Crippen molar-refractivity contribution in [2.45, 2.75) is 38.9 Å². The molecule has 1 aromatic heterocycles.